The van der Waals surface area contributed by atoms with Crippen LogP contribution in [0.4, 0.5) is 4.79 Å². The van der Waals surface area contributed by atoms with Gasteiger partial charge in [0.05, 0.1) is 11.5 Å². The Hall–Kier alpha value is -2.88. The Labute approximate surface area is 192 Å². The summed E-state index contributed by atoms with van der Waals surface area (Å²) in [6, 6.07) is 6.01. The highest BCUT2D eigenvalue weighted by Crippen LogP contribution is 2.30. The van der Waals surface area contributed by atoms with E-state index in [1.54, 1.807) is 4.90 Å². The number of para-hydroxylation sites is 1. The van der Waals surface area contributed by atoms with E-state index in [4.69, 9.17) is 0 Å². The zero-order chi connectivity index (χ0) is 23.2. The molecule has 2 aliphatic heterocycles. The van der Waals surface area contributed by atoms with Crippen molar-refractivity contribution >= 4 is 38.6 Å². The Morgan fingerprint density at radius 1 is 1.09 bits per heavy atom. The van der Waals surface area contributed by atoms with Crippen molar-refractivity contribution in [3.8, 4) is 0 Å². The molecule has 2 N–H and O–H groups in total. The zero-order valence-corrected chi connectivity index (χ0v) is 19.1. The van der Waals surface area contributed by atoms with Gasteiger partial charge in [-0.2, -0.15) is 0 Å². The molecule has 0 unspecified atom stereocenters. The molecule has 10 heteroatoms. The highest BCUT2D eigenvalue weighted by molar-refractivity contribution is 7.91. The minimum absolute atomic E-state index is 0.0291. The van der Waals surface area contributed by atoms with Crippen molar-refractivity contribution in [3.05, 3.63) is 36.0 Å². The number of H-pyrrole nitrogens is 1. The Kier molecular flexibility index (Phi) is 5.64. The number of nitrogens with zero attached hydrogens (tertiary/aromatic N) is 2. The molecule has 3 heterocycles. The van der Waals surface area contributed by atoms with Crippen molar-refractivity contribution in [1.82, 2.24) is 20.1 Å². The summed E-state index contributed by atoms with van der Waals surface area (Å²) in [5.74, 6) is -0.743. The number of hydrogen-bond donors (Lipinski definition) is 2. The Bertz CT molecular complexity index is 1200. The van der Waals surface area contributed by atoms with Gasteiger partial charge < -0.3 is 15.2 Å². The summed E-state index contributed by atoms with van der Waals surface area (Å²) in [7, 11) is -3.16. The van der Waals surface area contributed by atoms with Crippen molar-refractivity contribution < 1.29 is 22.8 Å². The largest absolute Gasteiger partial charge is 0.361 e. The van der Waals surface area contributed by atoms with E-state index in [9.17, 15) is 22.8 Å². The van der Waals surface area contributed by atoms with Crippen LogP contribution in [-0.2, 0) is 25.8 Å². The first-order valence-corrected chi connectivity index (χ1v) is 13.3. The monoisotopic (exact) mass is 472 g/mol. The van der Waals surface area contributed by atoms with Crippen molar-refractivity contribution in [2.45, 2.75) is 56.7 Å². The predicted octanol–water partition coefficient (Wildman–Crippen LogP) is 1.59. The lowest BCUT2D eigenvalue weighted by molar-refractivity contribution is -0.140. The van der Waals surface area contributed by atoms with Crippen LogP contribution in [0.15, 0.2) is 30.5 Å². The van der Waals surface area contributed by atoms with Gasteiger partial charge in [-0.15, -0.1) is 0 Å². The second-order valence-corrected chi connectivity index (χ2v) is 11.5. The lowest BCUT2D eigenvalue weighted by Crippen LogP contribution is -2.51. The number of imide groups is 1. The molecule has 2 saturated heterocycles. The molecular formula is C23H28N4O5S. The van der Waals surface area contributed by atoms with Crippen LogP contribution in [0, 0.1) is 0 Å². The van der Waals surface area contributed by atoms with Gasteiger partial charge in [0.2, 0.25) is 5.91 Å². The van der Waals surface area contributed by atoms with Crippen LogP contribution in [0.1, 0.15) is 37.7 Å². The Morgan fingerprint density at radius 2 is 1.85 bits per heavy atom. The van der Waals surface area contributed by atoms with Crippen molar-refractivity contribution in [1.29, 1.82) is 0 Å². The first-order valence-electron chi connectivity index (χ1n) is 11.5. The van der Waals surface area contributed by atoms with Crippen molar-refractivity contribution in [3.63, 3.8) is 0 Å². The Morgan fingerprint density at radius 3 is 2.58 bits per heavy atom. The molecule has 33 heavy (non-hydrogen) atoms. The molecule has 1 aliphatic carbocycles. The van der Waals surface area contributed by atoms with E-state index in [-0.39, 0.29) is 36.0 Å². The van der Waals surface area contributed by atoms with Crippen LogP contribution in [0.5, 0.6) is 0 Å². The van der Waals surface area contributed by atoms with Gasteiger partial charge in [0.25, 0.3) is 5.91 Å². The number of amides is 4. The molecule has 1 aromatic heterocycles. The number of urea groups is 1. The zero-order valence-electron chi connectivity index (χ0n) is 18.3. The van der Waals surface area contributed by atoms with Crippen LogP contribution >= 0.6 is 0 Å². The normalized spacial score (nSPS) is 25.2. The maximum Gasteiger partial charge on any atom is 0.325 e. The number of aromatic amines is 1. The molecule has 9 nitrogen and oxygen atoms in total. The third-order valence-electron chi connectivity index (χ3n) is 7.11. The van der Waals surface area contributed by atoms with E-state index in [2.05, 4.69) is 10.3 Å². The average Bonchev–Trinajstić information content (AvgIpc) is 3.56. The van der Waals surface area contributed by atoms with E-state index in [1.165, 1.54) is 0 Å². The fourth-order valence-corrected chi connectivity index (χ4v) is 7.20. The van der Waals surface area contributed by atoms with Gasteiger partial charge in [-0.1, -0.05) is 31.0 Å². The molecule has 2 aromatic rings. The van der Waals surface area contributed by atoms with Crippen LogP contribution in [0.25, 0.3) is 10.9 Å². The first-order chi connectivity index (χ1) is 15.8. The number of hydrogen-bond acceptors (Lipinski definition) is 5. The molecule has 0 spiro atoms. The van der Waals surface area contributed by atoms with Crippen LogP contribution in [0.3, 0.4) is 0 Å². The summed E-state index contributed by atoms with van der Waals surface area (Å²) in [5, 5.41) is 3.70. The maximum absolute atomic E-state index is 13.3. The molecule has 0 bridgehead atoms. The molecule has 1 aromatic carbocycles. The quantitative estimate of drug-likeness (QED) is 0.619. The maximum atomic E-state index is 13.3. The third-order valence-corrected chi connectivity index (χ3v) is 8.86. The smallest absolute Gasteiger partial charge is 0.325 e. The van der Waals surface area contributed by atoms with Crippen molar-refractivity contribution in [2.75, 3.05) is 18.1 Å². The minimum atomic E-state index is -3.16. The number of nitrogens with one attached hydrogen (secondary N) is 2. The molecule has 3 aliphatic rings. The highest BCUT2D eigenvalue weighted by atomic mass is 32.2. The molecule has 1 saturated carbocycles. The van der Waals surface area contributed by atoms with Gasteiger partial charge >= 0.3 is 6.03 Å². The topological polar surface area (TPSA) is 120 Å². The van der Waals surface area contributed by atoms with Gasteiger partial charge in [0, 0.05) is 35.6 Å². The van der Waals surface area contributed by atoms with Crippen molar-refractivity contribution in [2.24, 2.45) is 0 Å². The summed E-state index contributed by atoms with van der Waals surface area (Å²) in [4.78, 5) is 44.8. The fourth-order valence-electron chi connectivity index (χ4n) is 5.48. The molecular weight excluding hydrogens is 444 g/mol. The van der Waals surface area contributed by atoms with E-state index < -0.39 is 27.8 Å². The molecule has 5 rings (SSSR count). The molecule has 4 amide bonds. The molecule has 2 atom stereocenters. The van der Waals surface area contributed by atoms with Gasteiger partial charge in [-0.3, -0.25) is 14.5 Å². The predicted molar refractivity (Wildman–Crippen MR) is 122 cm³/mol. The van der Waals surface area contributed by atoms with E-state index in [0.29, 0.717) is 12.8 Å². The van der Waals surface area contributed by atoms with Gasteiger partial charge in [-0.25, -0.2) is 13.2 Å². The van der Waals surface area contributed by atoms with Gasteiger partial charge in [0.15, 0.2) is 9.84 Å². The summed E-state index contributed by atoms with van der Waals surface area (Å²) in [5.41, 5.74) is 1.87. The van der Waals surface area contributed by atoms with Gasteiger partial charge in [-0.05, 0) is 30.9 Å². The number of benzene rings is 1. The summed E-state index contributed by atoms with van der Waals surface area (Å²) in [6.45, 7) is -0.359. The summed E-state index contributed by atoms with van der Waals surface area (Å²) < 4.78 is 24.1. The van der Waals surface area contributed by atoms with Crippen LogP contribution in [0.2, 0.25) is 0 Å². The molecule has 176 valence electrons. The summed E-state index contributed by atoms with van der Waals surface area (Å²) in [6.07, 6.45) is 6.20. The number of aromatic nitrogens is 1. The number of sulfone groups is 1. The number of rotatable bonds is 6. The standard InChI is InChI=1S/C23H28N4O5S/c28-21(27(16-5-1-2-6-16)17-9-10-33(31,32)14-17)13-26-22(29)20(25-23(26)30)11-15-12-24-19-8-4-3-7-18(15)19/h3-4,7-8,12,16-17,20,24H,1-2,5-6,9-11,13-14H2,(H,25,30)/t17-,20-/m0/s1. The van der Waals surface area contributed by atoms with E-state index in [0.717, 1.165) is 47.0 Å². The highest BCUT2D eigenvalue weighted by Gasteiger charge is 2.43. The van der Waals surface area contributed by atoms with E-state index in [1.807, 2.05) is 30.5 Å². The number of carbonyl (C=O) groups excluding carboxylic acids is 3. The molecule has 3 fully saturated rings. The minimum Gasteiger partial charge on any atom is -0.361 e. The van der Waals surface area contributed by atoms with E-state index >= 15 is 0 Å². The third kappa shape index (κ3) is 4.23. The first kappa shape index (κ1) is 21.9. The number of carbonyl (C=O) groups is 3. The van der Waals surface area contributed by atoms with Crippen LogP contribution < -0.4 is 5.32 Å². The molecule has 0 radical (unpaired) electrons. The van der Waals surface area contributed by atoms with Crippen LogP contribution in [-0.4, -0.2) is 77.2 Å². The second kappa shape index (κ2) is 8.48. The Balaban J connectivity index is 1.30. The lowest BCUT2D eigenvalue weighted by atomic mass is 10.0. The fraction of sp³-hybridized carbons (Fsp3) is 0.522. The second-order valence-electron chi connectivity index (χ2n) is 9.29. The number of fused-ring (bicyclic) bond motifs is 1. The summed E-state index contributed by atoms with van der Waals surface area (Å²) >= 11 is 0. The lowest BCUT2D eigenvalue weighted by Gasteiger charge is -2.34. The van der Waals surface area contributed by atoms with Gasteiger partial charge in [0.1, 0.15) is 12.6 Å². The average molecular weight is 473 g/mol. The SMILES string of the molecule is O=C1N[C@@H](Cc2c[nH]c3ccccc23)C(=O)N1CC(=O)N(C1CCCC1)[C@H]1CCS(=O)(=O)C1.